The normalized spacial score (nSPS) is 39.0. The molecule has 4 heterocycles. The van der Waals surface area contributed by atoms with Crippen molar-refractivity contribution in [1.82, 2.24) is 0 Å². The van der Waals surface area contributed by atoms with Gasteiger partial charge in [0, 0.05) is 27.7 Å². The van der Waals surface area contributed by atoms with Crippen molar-refractivity contribution >= 4 is 35.6 Å². The average molecular weight is 607 g/mol. The summed E-state index contributed by atoms with van der Waals surface area (Å²) in [7, 11) is 0. The Hall–Kier alpha value is -2.01. The van der Waals surface area contributed by atoms with Gasteiger partial charge in [-0.1, -0.05) is 0 Å². The van der Waals surface area contributed by atoms with Gasteiger partial charge in [0.2, 0.25) is 0 Å². The van der Waals surface area contributed by atoms with Gasteiger partial charge in [-0.15, -0.1) is 11.8 Å². The first-order valence-corrected chi connectivity index (χ1v) is 14.3. The van der Waals surface area contributed by atoms with Crippen LogP contribution in [-0.4, -0.2) is 108 Å². The summed E-state index contributed by atoms with van der Waals surface area (Å²) >= 11 is 1.20. The fourth-order valence-corrected chi connectivity index (χ4v) is 6.90. The predicted octanol–water partition coefficient (Wildman–Crippen LogP) is 1.20. The van der Waals surface area contributed by atoms with E-state index in [1.54, 1.807) is 27.7 Å². The molecule has 0 unspecified atom stereocenters. The molecule has 4 saturated heterocycles. The number of carbonyl (C=O) groups excluding carboxylic acids is 4. The fourth-order valence-electron chi connectivity index (χ4n) is 5.29. The predicted molar refractivity (Wildman–Crippen MR) is 137 cm³/mol. The van der Waals surface area contributed by atoms with Crippen LogP contribution in [0.5, 0.6) is 0 Å². The minimum Gasteiger partial charge on any atom is -0.463 e. The Balaban J connectivity index is 1.69. The summed E-state index contributed by atoms with van der Waals surface area (Å²) in [5.74, 6) is -4.48. The van der Waals surface area contributed by atoms with Crippen LogP contribution in [0.4, 0.5) is 0 Å². The third-order valence-electron chi connectivity index (χ3n) is 6.66. The zero-order valence-corrected chi connectivity index (χ0v) is 25.1. The SMILES string of the molecule is CC(=O)OC[C@H]1O[C@@H](S[C@@H]2[C@H]3OC(C)(C)O[C@@H]3O[C@@H]2[C@H]2COC(C)(C)O2)[C@H](OC(C)=O)[C@@H](OC(C)=O)[C@@H]1OC(C)=O. The molecule has 0 aromatic rings. The number of rotatable bonds is 8. The number of hydrogen-bond donors (Lipinski definition) is 0. The molecule has 0 radical (unpaired) electrons. The van der Waals surface area contributed by atoms with Crippen LogP contribution in [0.1, 0.15) is 55.4 Å². The Labute approximate surface area is 242 Å². The lowest BCUT2D eigenvalue weighted by Crippen LogP contribution is -2.62. The molecule has 10 atom stereocenters. The van der Waals surface area contributed by atoms with E-state index in [9.17, 15) is 19.2 Å². The van der Waals surface area contributed by atoms with E-state index < -0.39 is 95.2 Å². The summed E-state index contributed by atoms with van der Waals surface area (Å²) in [4.78, 5) is 48.1. The van der Waals surface area contributed by atoms with Crippen molar-refractivity contribution < 1.29 is 66.5 Å². The van der Waals surface area contributed by atoms with Crippen LogP contribution in [-0.2, 0) is 66.5 Å². The molecular weight excluding hydrogens is 568 g/mol. The van der Waals surface area contributed by atoms with Gasteiger partial charge >= 0.3 is 23.9 Å². The summed E-state index contributed by atoms with van der Waals surface area (Å²) in [6.45, 7) is 11.8. The monoisotopic (exact) mass is 606 g/mol. The number of ether oxygens (including phenoxy) is 10. The molecule has 0 spiro atoms. The first-order chi connectivity index (χ1) is 19.0. The van der Waals surface area contributed by atoms with E-state index in [2.05, 4.69) is 0 Å². The molecule has 4 aliphatic heterocycles. The van der Waals surface area contributed by atoms with Gasteiger partial charge in [0.25, 0.3) is 0 Å². The molecule has 232 valence electrons. The molecule has 0 aromatic heterocycles. The van der Waals surface area contributed by atoms with Crippen LogP contribution < -0.4 is 0 Å². The Kier molecular flexibility index (Phi) is 9.58. The highest BCUT2D eigenvalue weighted by Crippen LogP contribution is 2.48. The maximum atomic E-state index is 12.3. The van der Waals surface area contributed by atoms with E-state index in [4.69, 9.17) is 47.4 Å². The highest BCUT2D eigenvalue weighted by Gasteiger charge is 2.61. The zero-order valence-electron chi connectivity index (χ0n) is 24.3. The highest BCUT2D eigenvalue weighted by atomic mass is 32.2. The molecule has 4 fully saturated rings. The Bertz CT molecular complexity index is 1020. The number of carbonyl (C=O) groups is 4. The van der Waals surface area contributed by atoms with Crippen LogP contribution in [0.2, 0.25) is 0 Å². The van der Waals surface area contributed by atoms with Gasteiger partial charge in [-0.3, -0.25) is 19.2 Å². The maximum Gasteiger partial charge on any atom is 0.303 e. The lowest BCUT2D eigenvalue weighted by atomic mass is 9.99. The van der Waals surface area contributed by atoms with Gasteiger partial charge in [0.05, 0.1) is 11.9 Å². The van der Waals surface area contributed by atoms with Crippen molar-refractivity contribution in [1.29, 1.82) is 0 Å². The van der Waals surface area contributed by atoms with Crippen molar-refractivity contribution in [3.05, 3.63) is 0 Å². The largest absolute Gasteiger partial charge is 0.463 e. The van der Waals surface area contributed by atoms with Crippen molar-refractivity contribution in [3.8, 4) is 0 Å². The van der Waals surface area contributed by atoms with Crippen LogP contribution >= 0.6 is 11.8 Å². The van der Waals surface area contributed by atoms with E-state index in [0.29, 0.717) is 0 Å². The zero-order chi connectivity index (χ0) is 30.3. The molecule has 14 nitrogen and oxygen atoms in total. The molecule has 0 bridgehead atoms. The first kappa shape index (κ1) is 31.9. The second kappa shape index (κ2) is 12.3. The van der Waals surface area contributed by atoms with Gasteiger partial charge in [-0.2, -0.15) is 0 Å². The summed E-state index contributed by atoms with van der Waals surface area (Å²) in [5, 5.41) is -0.509. The van der Waals surface area contributed by atoms with Crippen molar-refractivity contribution in [2.75, 3.05) is 13.2 Å². The number of hydrogen-bond acceptors (Lipinski definition) is 15. The van der Waals surface area contributed by atoms with Gasteiger partial charge in [-0.25, -0.2) is 0 Å². The van der Waals surface area contributed by atoms with E-state index in [1.165, 1.54) is 39.5 Å². The molecule has 0 N–H and O–H groups in total. The fraction of sp³-hybridized carbons (Fsp3) is 0.846. The molecule has 0 aliphatic carbocycles. The molecule has 0 amide bonds. The van der Waals surface area contributed by atoms with Gasteiger partial charge < -0.3 is 47.4 Å². The lowest BCUT2D eigenvalue weighted by Gasteiger charge is -2.45. The number of esters is 4. The molecular formula is C26H38O14S. The number of fused-ring (bicyclic) bond motifs is 1. The molecule has 4 aliphatic rings. The second-order valence-electron chi connectivity index (χ2n) is 11.1. The first-order valence-electron chi connectivity index (χ1n) is 13.3. The summed E-state index contributed by atoms with van der Waals surface area (Å²) in [6, 6.07) is 0. The van der Waals surface area contributed by atoms with Crippen LogP contribution in [0.3, 0.4) is 0 Å². The molecule has 15 heteroatoms. The third kappa shape index (κ3) is 7.69. The molecule has 0 saturated carbocycles. The number of thioether (sulfide) groups is 1. The Morgan fingerprint density at radius 3 is 1.90 bits per heavy atom. The molecule has 41 heavy (non-hydrogen) atoms. The van der Waals surface area contributed by atoms with Gasteiger partial charge in [-0.05, 0) is 27.7 Å². The smallest absolute Gasteiger partial charge is 0.303 e. The third-order valence-corrected chi connectivity index (χ3v) is 8.16. The minimum atomic E-state index is -1.29. The standard InChI is InChI=1S/C26H38O14S/c1-11(27)31-9-15-17(33-12(2)28)19(34-13(3)29)20(35-14(4)30)24(36-15)41-22-18(16-10-32-25(5,6)38-16)37-23-21(22)39-26(7,8)40-23/h15-24H,9-10H2,1-8H3/t15-,16-,17-,18-,19+,20-,21-,22+,23+,24+/m1/s1. The molecule has 4 rings (SSSR count). The Morgan fingerprint density at radius 2 is 1.34 bits per heavy atom. The van der Waals surface area contributed by atoms with E-state index in [1.807, 2.05) is 0 Å². The average Bonchev–Trinajstić information content (AvgIpc) is 3.44. The van der Waals surface area contributed by atoms with Crippen LogP contribution in [0, 0.1) is 0 Å². The summed E-state index contributed by atoms with van der Waals surface area (Å²) in [6.07, 6.45) is -7.25. The minimum absolute atomic E-state index is 0.246. The van der Waals surface area contributed by atoms with E-state index in [-0.39, 0.29) is 13.2 Å². The van der Waals surface area contributed by atoms with Gasteiger partial charge in [0.1, 0.15) is 36.5 Å². The summed E-state index contributed by atoms with van der Waals surface area (Å²) < 4.78 is 58.5. The maximum absolute atomic E-state index is 12.3. The van der Waals surface area contributed by atoms with Crippen molar-refractivity contribution in [3.63, 3.8) is 0 Å². The van der Waals surface area contributed by atoms with Crippen molar-refractivity contribution in [2.24, 2.45) is 0 Å². The van der Waals surface area contributed by atoms with E-state index in [0.717, 1.165) is 0 Å². The quantitative estimate of drug-likeness (QED) is 0.286. The highest BCUT2D eigenvalue weighted by molar-refractivity contribution is 8.00. The van der Waals surface area contributed by atoms with Crippen LogP contribution in [0.25, 0.3) is 0 Å². The summed E-state index contributed by atoms with van der Waals surface area (Å²) in [5.41, 5.74) is -1.02. The van der Waals surface area contributed by atoms with E-state index >= 15 is 0 Å². The second-order valence-corrected chi connectivity index (χ2v) is 12.4. The topological polar surface area (TPSA) is 161 Å². The molecule has 0 aromatic carbocycles. The van der Waals surface area contributed by atoms with Crippen molar-refractivity contribution in [2.45, 2.75) is 127 Å². The van der Waals surface area contributed by atoms with Crippen LogP contribution in [0.15, 0.2) is 0 Å². The van der Waals surface area contributed by atoms with Gasteiger partial charge in [0.15, 0.2) is 36.2 Å². The Morgan fingerprint density at radius 1 is 0.732 bits per heavy atom. The lowest BCUT2D eigenvalue weighted by molar-refractivity contribution is -0.237.